The maximum Gasteiger partial charge on any atom is 0.178 e. The van der Waals surface area contributed by atoms with Crippen LogP contribution in [0.5, 0.6) is 0 Å². The number of hydrogen-bond acceptors (Lipinski definition) is 4. The summed E-state index contributed by atoms with van der Waals surface area (Å²) in [6.45, 7) is 2.60. The highest BCUT2D eigenvalue weighted by Gasteiger charge is 2.30. The lowest BCUT2D eigenvalue weighted by Gasteiger charge is -2.29. The van der Waals surface area contributed by atoms with E-state index >= 15 is 0 Å². The van der Waals surface area contributed by atoms with Crippen LogP contribution in [0.1, 0.15) is 30.9 Å². The molecule has 0 aromatic heterocycles. The van der Waals surface area contributed by atoms with Crippen LogP contribution >= 0.6 is 0 Å². The summed E-state index contributed by atoms with van der Waals surface area (Å²) in [7, 11) is -3.08. The average molecular weight is 295 g/mol. The molecule has 2 aliphatic rings. The van der Waals surface area contributed by atoms with Crippen LogP contribution in [0, 0.1) is 5.92 Å². The fourth-order valence-corrected chi connectivity index (χ4v) is 4.70. The van der Waals surface area contributed by atoms with Crippen molar-refractivity contribution >= 4 is 9.84 Å². The molecule has 4 nitrogen and oxygen atoms in total. The molecular weight excluding hydrogens is 274 g/mol. The minimum Gasteiger partial charge on any atom is -0.381 e. The average Bonchev–Trinajstić information content (AvgIpc) is 2.48. The van der Waals surface area contributed by atoms with Crippen molar-refractivity contribution in [3.05, 3.63) is 29.8 Å². The molecule has 2 atom stereocenters. The van der Waals surface area contributed by atoms with Gasteiger partial charge in [-0.15, -0.1) is 0 Å². The largest absolute Gasteiger partial charge is 0.381 e. The molecular formula is C15H21NO3S. The van der Waals surface area contributed by atoms with Gasteiger partial charge in [-0.3, -0.25) is 0 Å². The van der Waals surface area contributed by atoms with Gasteiger partial charge in [-0.05, 0) is 36.8 Å². The molecule has 5 heteroatoms. The number of rotatable bonds is 3. The zero-order valence-electron chi connectivity index (χ0n) is 11.5. The van der Waals surface area contributed by atoms with Crippen LogP contribution in [-0.4, -0.2) is 33.9 Å². The van der Waals surface area contributed by atoms with Gasteiger partial charge < -0.3 is 10.1 Å². The third-order valence-electron chi connectivity index (χ3n) is 4.21. The predicted octanol–water partition coefficient (Wildman–Crippen LogP) is 1.92. The Kier molecular flexibility index (Phi) is 4.10. The van der Waals surface area contributed by atoms with Crippen molar-refractivity contribution in [1.29, 1.82) is 0 Å². The third kappa shape index (κ3) is 2.90. The Bertz CT molecular complexity index is 564. The van der Waals surface area contributed by atoms with E-state index < -0.39 is 9.84 Å². The van der Waals surface area contributed by atoms with Gasteiger partial charge in [-0.2, -0.15) is 0 Å². The van der Waals surface area contributed by atoms with E-state index in [2.05, 4.69) is 5.32 Å². The van der Waals surface area contributed by atoms with Crippen LogP contribution < -0.4 is 5.32 Å². The first-order chi connectivity index (χ1) is 9.67. The van der Waals surface area contributed by atoms with Crippen molar-refractivity contribution in [1.82, 2.24) is 5.32 Å². The van der Waals surface area contributed by atoms with Crippen molar-refractivity contribution < 1.29 is 13.2 Å². The summed E-state index contributed by atoms with van der Waals surface area (Å²) in [4.78, 5) is 0.503. The molecule has 0 amide bonds. The van der Waals surface area contributed by atoms with Gasteiger partial charge >= 0.3 is 0 Å². The lowest BCUT2D eigenvalue weighted by atomic mass is 9.99. The first-order valence-electron chi connectivity index (χ1n) is 7.29. The molecule has 2 aliphatic heterocycles. The minimum atomic E-state index is -3.08. The lowest BCUT2D eigenvalue weighted by molar-refractivity contribution is 0.0537. The molecule has 1 aromatic rings. The maximum absolute atomic E-state index is 12.1. The van der Waals surface area contributed by atoms with Crippen LogP contribution in [0.3, 0.4) is 0 Å². The molecule has 3 rings (SSSR count). The summed E-state index contributed by atoms with van der Waals surface area (Å²) in [5, 5.41) is 3.54. The van der Waals surface area contributed by atoms with Crippen molar-refractivity contribution in [2.24, 2.45) is 5.92 Å². The molecule has 1 aromatic carbocycles. The summed E-state index contributed by atoms with van der Waals surface area (Å²) < 4.78 is 29.6. The second-order valence-corrected chi connectivity index (χ2v) is 7.77. The molecule has 2 unspecified atom stereocenters. The standard InChI is InChI=1S/C15H21NO3S/c17-20(18)9-7-14(13-5-1-2-6-15(13)20)16-10-12-4-3-8-19-11-12/h1-2,5-6,12,14,16H,3-4,7-11H2. The van der Waals surface area contributed by atoms with Gasteiger partial charge in [0.05, 0.1) is 17.3 Å². The van der Waals surface area contributed by atoms with E-state index in [1.165, 1.54) is 6.42 Å². The van der Waals surface area contributed by atoms with E-state index in [1.54, 1.807) is 12.1 Å². The van der Waals surface area contributed by atoms with Gasteiger partial charge in [0, 0.05) is 19.2 Å². The Morgan fingerprint density at radius 2 is 2.10 bits per heavy atom. The summed E-state index contributed by atoms with van der Waals surface area (Å²) in [6.07, 6.45) is 2.98. The SMILES string of the molecule is O=S1(=O)CCC(NCC2CCCOC2)c2ccccc21. The fraction of sp³-hybridized carbons (Fsp3) is 0.600. The molecule has 20 heavy (non-hydrogen) atoms. The van der Waals surface area contributed by atoms with Crippen LogP contribution in [0.4, 0.5) is 0 Å². The van der Waals surface area contributed by atoms with E-state index in [0.29, 0.717) is 17.2 Å². The number of benzene rings is 1. The van der Waals surface area contributed by atoms with Gasteiger partial charge in [0.1, 0.15) is 0 Å². The highest BCUT2D eigenvalue weighted by Crippen LogP contribution is 2.32. The summed E-state index contributed by atoms with van der Waals surface area (Å²) in [6, 6.07) is 7.52. The monoisotopic (exact) mass is 295 g/mol. The number of ether oxygens (including phenoxy) is 1. The smallest absolute Gasteiger partial charge is 0.178 e. The number of nitrogens with one attached hydrogen (secondary N) is 1. The normalized spacial score (nSPS) is 28.8. The van der Waals surface area contributed by atoms with Crippen LogP contribution in [-0.2, 0) is 14.6 Å². The van der Waals surface area contributed by atoms with E-state index in [4.69, 9.17) is 4.74 Å². The summed E-state index contributed by atoms with van der Waals surface area (Å²) >= 11 is 0. The lowest BCUT2D eigenvalue weighted by Crippen LogP contribution is -2.35. The fourth-order valence-electron chi connectivity index (χ4n) is 3.08. The van der Waals surface area contributed by atoms with Gasteiger partial charge in [0.25, 0.3) is 0 Å². The summed E-state index contributed by atoms with van der Waals surface area (Å²) in [5.74, 6) is 0.789. The number of hydrogen-bond donors (Lipinski definition) is 1. The van der Waals surface area contributed by atoms with Crippen molar-refractivity contribution in [3.63, 3.8) is 0 Å². The topological polar surface area (TPSA) is 55.4 Å². The van der Waals surface area contributed by atoms with Crippen LogP contribution in [0.2, 0.25) is 0 Å². The maximum atomic E-state index is 12.1. The Labute approximate surface area is 120 Å². The molecule has 0 aliphatic carbocycles. The van der Waals surface area contributed by atoms with Gasteiger partial charge in [-0.1, -0.05) is 18.2 Å². The predicted molar refractivity (Wildman–Crippen MR) is 77.4 cm³/mol. The van der Waals surface area contributed by atoms with E-state index in [9.17, 15) is 8.42 Å². The van der Waals surface area contributed by atoms with Gasteiger partial charge in [0.2, 0.25) is 0 Å². The molecule has 1 N–H and O–H groups in total. The van der Waals surface area contributed by atoms with E-state index in [1.807, 2.05) is 12.1 Å². The Hall–Kier alpha value is -0.910. The molecule has 0 saturated carbocycles. The van der Waals surface area contributed by atoms with E-state index in [0.717, 1.165) is 31.7 Å². The molecule has 0 radical (unpaired) electrons. The van der Waals surface area contributed by atoms with Gasteiger partial charge in [-0.25, -0.2) is 8.42 Å². The molecule has 2 heterocycles. The third-order valence-corrected chi connectivity index (χ3v) is 6.03. The number of fused-ring (bicyclic) bond motifs is 1. The zero-order chi connectivity index (χ0) is 14.0. The van der Waals surface area contributed by atoms with Crippen molar-refractivity contribution in [2.45, 2.75) is 30.2 Å². The molecule has 110 valence electrons. The second-order valence-electron chi connectivity index (χ2n) is 5.69. The number of sulfone groups is 1. The highest BCUT2D eigenvalue weighted by molar-refractivity contribution is 7.91. The highest BCUT2D eigenvalue weighted by atomic mass is 32.2. The summed E-state index contributed by atoms with van der Waals surface area (Å²) in [5.41, 5.74) is 0.926. The zero-order valence-corrected chi connectivity index (χ0v) is 12.4. The molecule has 1 saturated heterocycles. The van der Waals surface area contributed by atoms with E-state index in [-0.39, 0.29) is 11.8 Å². The molecule has 0 spiro atoms. The quantitative estimate of drug-likeness (QED) is 0.925. The Morgan fingerprint density at radius 3 is 2.90 bits per heavy atom. The van der Waals surface area contributed by atoms with Crippen molar-refractivity contribution in [2.75, 3.05) is 25.5 Å². The molecule has 0 bridgehead atoms. The van der Waals surface area contributed by atoms with Crippen LogP contribution in [0.25, 0.3) is 0 Å². The Balaban J connectivity index is 1.71. The van der Waals surface area contributed by atoms with Crippen molar-refractivity contribution in [3.8, 4) is 0 Å². The van der Waals surface area contributed by atoms with Gasteiger partial charge in [0.15, 0.2) is 9.84 Å². The Morgan fingerprint density at radius 1 is 1.25 bits per heavy atom. The van der Waals surface area contributed by atoms with Crippen LogP contribution in [0.15, 0.2) is 29.2 Å². The molecule has 1 fully saturated rings. The first-order valence-corrected chi connectivity index (χ1v) is 8.95. The minimum absolute atomic E-state index is 0.150. The first kappa shape index (κ1) is 14.0. The second kappa shape index (κ2) is 5.84.